The van der Waals surface area contributed by atoms with Gasteiger partial charge in [0.2, 0.25) is 10.0 Å². The molecule has 3 N–H and O–H groups in total. The molecule has 0 aromatic heterocycles. The smallest absolute Gasteiger partial charge is 0.313 e. The van der Waals surface area contributed by atoms with E-state index in [0.717, 1.165) is 0 Å². The molecule has 1 fully saturated rings. The molecule has 2 rings (SSSR count). The zero-order valence-corrected chi connectivity index (χ0v) is 13.0. The molecule has 0 saturated carbocycles. The number of carbonyl (C=O) groups excluding carboxylic acids is 2. The first-order valence-electron chi connectivity index (χ1n) is 6.30. The Kier molecular flexibility index (Phi) is 5.01. The second-order valence-corrected chi connectivity index (χ2v) is 6.82. The summed E-state index contributed by atoms with van der Waals surface area (Å²) in [5.41, 5.74) is 4.84. The Balaban J connectivity index is 2.32. The van der Waals surface area contributed by atoms with E-state index in [1.165, 1.54) is 22.5 Å². The van der Waals surface area contributed by atoms with Crippen LogP contribution in [0.4, 0.5) is 5.69 Å². The molecule has 0 spiro atoms. The molecule has 1 aliphatic rings. The van der Waals surface area contributed by atoms with Gasteiger partial charge in [0.25, 0.3) is 0 Å². The quantitative estimate of drug-likeness (QED) is 0.733. The van der Waals surface area contributed by atoms with Crippen molar-refractivity contribution in [1.82, 2.24) is 4.31 Å². The zero-order chi connectivity index (χ0) is 16.3. The van der Waals surface area contributed by atoms with Crippen LogP contribution < -0.4 is 11.1 Å². The molecule has 0 atom stereocenters. The van der Waals surface area contributed by atoms with Gasteiger partial charge < -0.3 is 15.8 Å². The summed E-state index contributed by atoms with van der Waals surface area (Å²) in [4.78, 5) is 22.0. The van der Waals surface area contributed by atoms with E-state index in [2.05, 4.69) is 5.32 Å². The maximum absolute atomic E-state index is 12.5. The van der Waals surface area contributed by atoms with Gasteiger partial charge in [0, 0.05) is 13.1 Å². The van der Waals surface area contributed by atoms with Crippen LogP contribution in [0.1, 0.15) is 0 Å². The number of sulfonamides is 1. The topological polar surface area (TPSA) is 119 Å². The van der Waals surface area contributed by atoms with Crippen molar-refractivity contribution >= 4 is 39.1 Å². The number of anilines is 1. The number of amides is 2. The monoisotopic (exact) mass is 347 g/mol. The molecule has 120 valence electrons. The lowest BCUT2D eigenvalue weighted by molar-refractivity contribution is -0.134. The van der Waals surface area contributed by atoms with Gasteiger partial charge in [0.05, 0.1) is 28.8 Å². The molecule has 2 amide bonds. The number of nitrogens with one attached hydrogen (secondary N) is 1. The number of nitrogens with zero attached hydrogens (tertiary/aromatic N) is 1. The van der Waals surface area contributed by atoms with E-state index in [4.69, 9.17) is 22.1 Å². The summed E-state index contributed by atoms with van der Waals surface area (Å²) in [6, 6.07) is 3.84. The molecular weight excluding hydrogens is 334 g/mol. The number of rotatable bonds is 3. The van der Waals surface area contributed by atoms with E-state index in [1.807, 2.05) is 0 Å². The molecule has 1 aliphatic heterocycles. The van der Waals surface area contributed by atoms with Crippen molar-refractivity contribution in [3.63, 3.8) is 0 Å². The molecule has 0 radical (unpaired) electrons. The number of hydrogen-bond acceptors (Lipinski definition) is 5. The Labute approximate surface area is 132 Å². The van der Waals surface area contributed by atoms with Crippen molar-refractivity contribution < 1.29 is 22.7 Å². The Hall–Kier alpha value is -1.68. The first-order chi connectivity index (χ1) is 10.3. The lowest BCUT2D eigenvalue weighted by Crippen LogP contribution is -2.40. The second kappa shape index (κ2) is 6.61. The minimum atomic E-state index is -3.73. The average molecular weight is 348 g/mol. The number of carbonyl (C=O) groups is 2. The minimum absolute atomic E-state index is 0.000184. The summed E-state index contributed by atoms with van der Waals surface area (Å²) in [5, 5.41) is 2.27. The van der Waals surface area contributed by atoms with Gasteiger partial charge in [-0.2, -0.15) is 4.31 Å². The molecule has 1 aromatic carbocycles. The van der Waals surface area contributed by atoms with E-state index in [9.17, 15) is 18.0 Å². The van der Waals surface area contributed by atoms with Crippen LogP contribution >= 0.6 is 11.6 Å². The number of hydrogen-bond donors (Lipinski definition) is 2. The number of primary amides is 1. The van der Waals surface area contributed by atoms with Crippen LogP contribution in [0.3, 0.4) is 0 Å². The van der Waals surface area contributed by atoms with Crippen LogP contribution in [0.5, 0.6) is 0 Å². The highest BCUT2D eigenvalue weighted by molar-refractivity contribution is 7.89. The molecule has 0 unspecified atom stereocenters. The van der Waals surface area contributed by atoms with Crippen LogP contribution in [0.25, 0.3) is 0 Å². The summed E-state index contributed by atoms with van der Waals surface area (Å²) < 4.78 is 31.4. The van der Waals surface area contributed by atoms with Crippen LogP contribution in [0.2, 0.25) is 5.02 Å². The van der Waals surface area contributed by atoms with Crippen LogP contribution in [0, 0.1) is 0 Å². The molecule has 0 bridgehead atoms. The fourth-order valence-electron chi connectivity index (χ4n) is 1.88. The van der Waals surface area contributed by atoms with Gasteiger partial charge in [-0.25, -0.2) is 8.42 Å². The van der Waals surface area contributed by atoms with Crippen molar-refractivity contribution in [2.24, 2.45) is 5.73 Å². The molecular formula is C12H14ClN3O5S. The van der Waals surface area contributed by atoms with E-state index in [-0.39, 0.29) is 28.7 Å². The summed E-state index contributed by atoms with van der Waals surface area (Å²) in [7, 11) is -3.73. The van der Waals surface area contributed by atoms with Gasteiger partial charge in [-0.3, -0.25) is 9.59 Å². The average Bonchev–Trinajstić information content (AvgIpc) is 2.50. The summed E-state index contributed by atoms with van der Waals surface area (Å²) in [6.07, 6.45) is 0. The maximum atomic E-state index is 12.5. The van der Waals surface area contributed by atoms with Gasteiger partial charge in [0.1, 0.15) is 0 Å². The third-order valence-electron chi connectivity index (χ3n) is 3.02. The van der Waals surface area contributed by atoms with Gasteiger partial charge in [-0.05, 0) is 18.2 Å². The van der Waals surface area contributed by atoms with Crippen molar-refractivity contribution in [1.29, 1.82) is 0 Å². The zero-order valence-electron chi connectivity index (χ0n) is 11.4. The van der Waals surface area contributed by atoms with E-state index >= 15 is 0 Å². The third-order valence-corrected chi connectivity index (χ3v) is 5.24. The van der Waals surface area contributed by atoms with E-state index in [0.29, 0.717) is 13.2 Å². The fraction of sp³-hybridized carbons (Fsp3) is 0.333. The second-order valence-electron chi connectivity index (χ2n) is 4.48. The lowest BCUT2D eigenvalue weighted by Gasteiger charge is -2.26. The van der Waals surface area contributed by atoms with Crippen molar-refractivity contribution in [3.8, 4) is 0 Å². The van der Waals surface area contributed by atoms with Crippen molar-refractivity contribution in [2.45, 2.75) is 4.90 Å². The van der Waals surface area contributed by atoms with Crippen molar-refractivity contribution in [2.75, 3.05) is 31.6 Å². The number of benzene rings is 1. The fourth-order valence-corrected chi connectivity index (χ4v) is 3.48. The number of ether oxygens (including phenoxy) is 1. The summed E-state index contributed by atoms with van der Waals surface area (Å²) >= 11 is 5.89. The van der Waals surface area contributed by atoms with E-state index in [1.54, 1.807) is 0 Å². The Morgan fingerprint density at radius 3 is 2.50 bits per heavy atom. The normalized spacial score (nSPS) is 16.2. The third kappa shape index (κ3) is 3.55. The highest BCUT2D eigenvalue weighted by Crippen LogP contribution is 2.27. The first-order valence-corrected chi connectivity index (χ1v) is 8.12. The first kappa shape index (κ1) is 16.7. The number of nitrogens with two attached hydrogens (primary N) is 1. The largest absolute Gasteiger partial charge is 0.379 e. The van der Waals surface area contributed by atoms with E-state index < -0.39 is 21.8 Å². The predicted molar refractivity (Wildman–Crippen MR) is 78.9 cm³/mol. The van der Waals surface area contributed by atoms with Crippen molar-refractivity contribution in [3.05, 3.63) is 23.2 Å². The SMILES string of the molecule is NC(=O)C(=O)Nc1cc(S(=O)(=O)N2CCOCC2)ccc1Cl. The number of morpholine rings is 1. The molecule has 10 heteroatoms. The molecule has 22 heavy (non-hydrogen) atoms. The molecule has 0 aliphatic carbocycles. The molecule has 1 saturated heterocycles. The van der Waals surface area contributed by atoms with Gasteiger partial charge in [-0.1, -0.05) is 11.6 Å². The van der Waals surface area contributed by atoms with Gasteiger partial charge in [0.15, 0.2) is 0 Å². The Bertz CT molecular complexity index is 701. The summed E-state index contributed by atoms with van der Waals surface area (Å²) in [5.74, 6) is -2.28. The van der Waals surface area contributed by atoms with Crippen LogP contribution in [-0.4, -0.2) is 50.8 Å². The molecule has 8 nitrogen and oxygen atoms in total. The maximum Gasteiger partial charge on any atom is 0.313 e. The lowest BCUT2D eigenvalue weighted by atomic mass is 10.3. The van der Waals surface area contributed by atoms with Gasteiger partial charge >= 0.3 is 11.8 Å². The summed E-state index contributed by atoms with van der Waals surface area (Å²) in [6.45, 7) is 1.12. The van der Waals surface area contributed by atoms with Gasteiger partial charge in [-0.15, -0.1) is 0 Å². The molecule has 1 heterocycles. The Morgan fingerprint density at radius 2 is 1.91 bits per heavy atom. The minimum Gasteiger partial charge on any atom is -0.379 e. The molecule has 1 aromatic rings. The predicted octanol–water partition coefficient (Wildman–Crippen LogP) is -0.215. The Morgan fingerprint density at radius 1 is 1.27 bits per heavy atom. The van der Waals surface area contributed by atoms with Crippen LogP contribution in [0.15, 0.2) is 23.1 Å². The number of halogens is 1. The standard InChI is InChI=1S/C12H14ClN3O5S/c13-9-2-1-8(7-10(9)15-12(18)11(14)17)22(19,20)16-3-5-21-6-4-16/h1-2,7H,3-6H2,(H2,14,17)(H,15,18). The van der Waals surface area contributed by atoms with Crippen LogP contribution in [-0.2, 0) is 24.3 Å². The highest BCUT2D eigenvalue weighted by Gasteiger charge is 2.27. The highest BCUT2D eigenvalue weighted by atomic mass is 35.5.